The average molecular weight is 272 g/mol. The van der Waals surface area contributed by atoms with Gasteiger partial charge in [0.2, 0.25) is 0 Å². The predicted octanol–water partition coefficient (Wildman–Crippen LogP) is 1.33. The molecule has 0 saturated carbocycles. The summed E-state index contributed by atoms with van der Waals surface area (Å²) in [6, 6.07) is 4.18. The van der Waals surface area contributed by atoms with E-state index in [0.29, 0.717) is 5.56 Å². The highest BCUT2D eigenvalue weighted by molar-refractivity contribution is 9.09. The zero-order chi connectivity index (χ0) is 11.4. The molecule has 0 bridgehead atoms. The molecule has 0 unspecified atom stereocenters. The molecule has 1 aromatic carbocycles. The van der Waals surface area contributed by atoms with Gasteiger partial charge >= 0.3 is 0 Å². The van der Waals surface area contributed by atoms with Crippen LogP contribution in [0, 0.1) is 0 Å². The Kier molecular flexibility index (Phi) is 3.85. The molecule has 0 atom stereocenters. The maximum atomic E-state index is 11.3. The Bertz CT molecular complexity index is 404. The quantitative estimate of drug-likeness (QED) is 0.644. The van der Waals surface area contributed by atoms with Crippen LogP contribution in [0.15, 0.2) is 18.2 Å². The van der Waals surface area contributed by atoms with Crippen LogP contribution in [0.5, 0.6) is 5.75 Å². The van der Waals surface area contributed by atoms with Gasteiger partial charge in [0, 0.05) is 12.6 Å². The van der Waals surface area contributed by atoms with E-state index in [1.54, 1.807) is 0 Å². The number of Topliss-reactive ketones (excluding diaryl/α,β-unsaturated/α-hetero) is 1. The number of rotatable bonds is 3. The number of halogens is 1. The molecule has 5 heteroatoms. The Labute approximate surface area is 95.4 Å². The smallest absolute Gasteiger partial charge is 0.254 e. The zero-order valence-corrected chi connectivity index (χ0v) is 9.67. The minimum Gasteiger partial charge on any atom is -0.507 e. The third-order valence-electron chi connectivity index (χ3n) is 1.91. The van der Waals surface area contributed by atoms with E-state index in [-0.39, 0.29) is 22.4 Å². The van der Waals surface area contributed by atoms with Gasteiger partial charge in [-0.25, -0.2) is 0 Å². The summed E-state index contributed by atoms with van der Waals surface area (Å²) in [6.45, 7) is 0. The Morgan fingerprint density at radius 3 is 2.67 bits per heavy atom. The lowest BCUT2D eigenvalue weighted by atomic mass is 10.1. The first-order valence-electron chi connectivity index (χ1n) is 4.24. The molecule has 0 saturated heterocycles. The number of ketones is 1. The first kappa shape index (κ1) is 11.7. The number of hydrogen-bond donors (Lipinski definition) is 2. The molecule has 2 N–H and O–H groups in total. The molecular weight excluding hydrogens is 262 g/mol. The maximum absolute atomic E-state index is 11.3. The number of carbonyl (C=O) groups is 2. The molecule has 15 heavy (non-hydrogen) atoms. The fourth-order valence-electron chi connectivity index (χ4n) is 1.10. The van der Waals surface area contributed by atoms with Gasteiger partial charge in [0.05, 0.1) is 10.9 Å². The van der Waals surface area contributed by atoms with Gasteiger partial charge < -0.3 is 10.4 Å². The Morgan fingerprint density at radius 1 is 1.47 bits per heavy atom. The van der Waals surface area contributed by atoms with Crippen LogP contribution in [0.1, 0.15) is 20.7 Å². The summed E-state index contributed by atoms with van der Waals surface area (Å²) in [5.74, 6) is -0.697. The maximum Gasteiger partial charge on any atom is 0.254 e. The fraction of sp³-hybridized carbons (Fsp3) is 0.200. The van der Waals surface area contributed by atoms with Crippen LogP contribution in [0.3, 0.4) is 0 Å². The fourth-order valence-corrected chi connectivity index (χ4v) is 1.43. The summed E-state index contributed by atoms with van der Waals surface area (Å²) in [5.41, 5.74) is 0.493. The number of phenols is 1. The lowest BCUT2D eigenvalue weighted by molar-refractivity contribution is 0.0960. The van der Waals surface area contributed by atoms with Crippen LogP contribution < -0.4 is 5.32 Å². The van der Waals surface area contributed by atoms with Crippen molar-refractivity contribution in [2.45, 2.75) is 0 Å². The van der Waals surface area contributed by atoms with E-state index >= 15 is 0 Å². The first-order chi connectivity index (χ1) is 7.10. The van der Waals surface area contributed by atoms with Crippen molar-refractivity contribution in [3.8, 4) is 5.75 Å². The monoisotopic (exact) mass is 271 g/mol. The number of aromatic hydroxyl groups is 1. The van der Waals surface area contributed by atoms with Crippen molar-refractivity contribution < 1.29 is 14.7 Å². The van der Waals surface area contributed by atoms with E-state index < -0.39 is 5.91 Å². The van der Waals surface area contributed by atoms with Gasteiger partial charge in [-0.05, 0) is 18.2 Å². The summed E-state index contributed by atoms with van der Waals surface area (Å²) < 4.78 is 0. The highest BCUT2D eigenvalue weighted by Gasteiger charge is 2.12. The van der Waals surface area contributed by atoms with Crippen LogP contribution in [-0.4, -0.2) is 29.2 Å². The summed E-state index contributed by atoms with van der Waals surface area (Å²) in [7, 11) is 1.46. The molecule has 0 fully saturated rings. The second kappa shape index (κ2) is 4.93. The van der Waals surface area contributed by atoms with E-state index in [1.165, 1.54) is 25.2 Å². The largest absolute Gasteiger partial charge is 0.507 e. The lowest BCUT2D eigenvalue weighted by Gasteiger charge is -2.04. The van der Waals surface area contributed by atoms with Gasteiger partial charge in [0.15, 0.2) is 5.78 Å². The molecule has 0 spiro atoms. The van der Waals surface area contributed by atoms with Crippen LogP contribution in [0.4, 0.5) is 0 Å². The Hall–Kier alpha value is -1.36. The van der Waals surface area contributed by atoms with Gasteiger partial charge in [0.1, 0.15) is 5.75 Å². The van der Waals surface area contributed by atoms with Gasteiger partial charge in [-0.15, -0.1) is 0 Å². The molecule has 0 heterocycles. The number of alkyl halides is 1. The van der Waals surface area contributed by atoms with Crippen molar-refractivity contribution in [3.63, 3.8) is 0 Å². The third-order valence-corrected chi connectivity index (χ3v) is 2.42. The molecule has 0 aromatic heterocycles. The number of carbonyl (C=O) groups excluding carboxylic acids is 2. The van der Waals surface area contributed by atoms with Gasteiger partial charge in [-0.3, -0.25) is 9.59 Å². The summed E-state index contributed by atoms with van der Waals surface area (Å²) in [6.07, 6.45) is 0. The summed E-state index contributed by atoms with van der Waals surface area (Å²) >= 11 is 3.04. The number of nitrogens with one attached hydrogen (secondary N) is 1. The lowest BCUT2D eigenvalue weighted by Crippen LogP contribution is -2.18. The molecular formula is C10H10BrNO3. The van der Waals surface area contributed by atoms with Crippen molar-refractivity contribution in [1.82, 2.24) is 5.32 Å². The van der Waals surface area contributed by atoms with Crippen LogP contribution in [0.2, 0.25) is 0 Å². The average Bonchev–Trinajstić information content (AvgIpc) is 2.27. The number of benzene rings is 1. The Balaban J connectivity index is 3.16. The first-order valence-corrected chi connectivity index (χ1v) is 5.36. The number of phenolic OH excluding ortho intramolecular Hbond substituents is 1. The van der Waals surface area contributed by atoms with Crippen molar-refractivity contribution >= 4 is 27.6 Å². The normalized spacial score (nSPS) is 9.73. The van der Waals surface area contributed by atoms with Crippen molar-refractivity contribution in [2.24, 2.45) is 0 Å². The third kappa shape index (κ3) is 2.56. The number of amides is 1. The SMILES string of the molecule is CNC(=O)c1cc(C(=O)CBr)ccc1O. The molecule has 4 nitrogen and oxygen atoms in total. The summed E-state index contributed by atoms with van der Waals surface area (Å²) in [4.78, 5) is 22.6. The van der Waals surface area contributed by atoms with E-state index in [2.05, 4.69) is 21.2 Å². The van der Waals surface area contributed by atoms with E-state index in [4.69, 9.17) is 0 Å². The highest BCUT2D eigenvalue weighted by Crippen LogP contribution is 2.19. The van der Waals surface area contributed by atoms with Gasteiger partial charge in [0.25, 0.3) is 5.91 Å². The zero-order valence-electron chi connectivity index (χ0n) is 8.08. The molecule has 1 amide bonds. The molecule has 0 aliphatic rings. The van der Waals surface area contributed by atoms with E-state index in [1.807, 2.05) is 0 Å². The van der Waals surface area contributed by atoms with Gasteiger partial charge in [-0.1, -0.05) is 15.9 Å². The molecule has 1 rings (SSSR count). The second-order valence-electron chi connectivity index (χ2n) is 2.87. The van der Waals surface area contributed by atoms with Gasteiger partial charge in [-0.2, -0.15) is 0 Å². The molecule has 1 aromatic rings. The van der Waals surface area contributed by atoms with Crippen molar-refractivity contribution in [2.75, 3.05) is 12.4 Å². The second-order valence-corrected chi connectivity index (χ2v) is 3.43. The van der Waals surface area contributed by atoms with Crippen LogP contribution in [0.25, 0.3) is 0 Å². The highest BCUT2D eigenvalue weighted by atomic mass is 79.9. The number of hydrogen-bond acceptors (Lipinski definition) is 3. The van der Waals surface area contributed by atoms with Crippen molar-refractivity contribution in [3.05, 3.63) is 29.3 Å². The molecule has 80 valence electrons. The molecule has 0 aliphatic heterocycles. The Morgan fingerprint density at radius 2 is 2.13 bits per heavy atom. The minimum atomic E-state index is -0.420. The summed E-state index contributed by atoms with van der Waals surface area (Å²) in [5, 5.41) is 12.0. The standard InChI is InChI=1S/C10H10BrNO3/c1-12-10(15)7-4-6(9(14)5-11)2-3-8(7)13/h2-4,13H,5H2,1H3,(H,12,15). The molecule has 0 aliphatic carbocycles. The van der Waals surface area contributed by atoms with E-state index in [0.717, 1.165) is 0 Å². The minimum absolute atomic E-state index is 0.101. The molecule has 0 radical (unpaired) electrons. The van der Waals surface area contributed by atoms with Crippen LogP contribution in [-0.2, 0) is 0 Å². The topological polar surface area (TPSA) is 66.4 Å². The van der Waals surface area contributed by atoms with Crippen LogP contribution >= 0.6 is 15.9 Å². The van der Waals surface area contributed by atoms with Crippen molar-refractivity contribution in [1.29, 1.82) is 0 Å². The predicted molar refractivity (Wildman–Crippen MR) is 59.6 cm³/mol. The van der Waals surface area contributed by atoms with E-state index in [9.17, 15) is 14.7 Å².